The summed E-state index contributed by atoms with van der Waals surface area (Å²) < 4.78 is 16.0. The fourth-order valence-electron chi connectivity index (χ4n) is 2.82. The van der Waals surface area contributed by atoms with E-state index in [1.807, 2.05) is 6.92 Å². The van der Waals surface area contributed by atoms with Crippen molar-refractivity contribution < 1.29 is 33.7 Å². The molecule has 1 fully saturated rings. The van der Waals surface area contributed by atoms with E-state index < -0.39 is 23.5 Å². The third kappa shape index (κ3) is 9.04. The third-order valence-corrected chi connectivity index (χ3v) is 4.44. The van der Waals surface area contributed by atoms with Gasteiger partial charge in [-0.3, -0.25) is 4.79 Å². The number of hydrogen-bond donors (Lipinski definition) is 1. The molecule has 1 rings (SSSR count). The number of epoxide rings is 1. The number of esters is 2. The minimum atomic E-state index is -1.30. The molecule has 27 heavy (non-hydrogen) atoms. The summed E-state index contributed by atoms with van der Waals surface area (Å²) in [4.78, 5) is 35.4. The third-order valence-electron chi connectivity index (χ3n) is 4.44. The highest BCUT2D eigenvalue weighted by Gasteiger charge is 2.43. The first-order chi connectivity index (χ1) is 12.8. The summed E-state index contributed by atoms with van der Waals surface area (Å²) in [5, 5.41) is 8.65. The summed E-state index contributed by atoms with van der Waals surface area (Å²) in [7, 11) is 0. The largest absolute Gasteiger partial charge is 0.481 e. The summed E-state index contributed by atoms with van der Waals surface area (Å²) in [5.74, 6) is -1.91. The molecule has 2 atom stereocenters. The quantitative estimate of drug-likeness (QED) is 0.200. The van der Waals surface area contributed by atoms with Gasteiger partial charge in [0, 0.05) is 12.0 Å². The number of unbranched alkanes of at least 4 members (excludes halogenated alkanes) is 4. The van der Waals surface area contributed by atoms with Crippen molar-refractivity contribution in [2.45, 2.75) is 83.3 Å². The molecular weight excluding hydrogens is 352 g/mol. The standard InChI is InChI=1S/C20H32O7/c1-4-11-20(27-18(23)15(2)3,19(24)26-14-16-13-25-16)12-9-7-5-6-8-10-17(21)22/h16H,2,4-14H2,1,3H3,(H,21,22). The first-order valence-corrected chi connectivity index (χ1v) is 9.70. The van der Waals surface area contributed by atoms with Gasteiger partial charge in [-0.05, 0) is 32.6 Å². The van der Waals surface area contributed by atoms with E-state index in [1.165, 1.54) is 0 Å². The van der Waals surface area contributed by atoms with Gasteiger partial charge in [0.2, 0.25) is 5.60 Å². The molecule has 0 aromatic heterocycles. The van der Waals surface area contributed by atoms with Crippen LogP contribution in [-0.2, 0) is 28.6 Å². The van der Waals surface area contributed by atoms with Crippen molar-refractivity contribution in [2.24, 2.45) is 0 Å². The number of carbonyl (C=O) groups excluding carboxylic acids is 2. The Kier molecular flexibility index (Phi) is 10.1. The van der Waals surface area contributed by atoms with Crippen molar-refractivity contribution in [3.05, 3.63) is 12.2 Å². The van der Waals surface area contributed by atoms with Crippen LogP contribution in [-0.4, -0.2) is 47.9 Å². The summed E-state index contributed by atoms with van der Waals surface area (Å²) in [6.45, 7) is 7.81. The number of rotatable bonds is 15. The molecule has 7 nitrogen and oxygen atoms in total. The van der Waals surface area contributed by atoms with Gasteiger partial charge in [0.25, 0.3) is 0 Å². The molecule has 0 radical (unpaired) electrons. The Morgan fingerprint density at radius 2 is 1.78 bits per heavy atom. The zero-order valence-corrected chi connectivity index (χ0v) is 16.5. The van der Waals surface area contributed by atoms with Crippen LogP contribution in [0.3, 0.4) is 0 Å². The predicted octanol–water partition coefficient (Wildman–Crippen LogP) is 3.40. The highest BCUT2D eigenvalue weighted by Crippen LogP contribution is 2.29. The highest BCUT2D eigenvalue weighted by atomic mass is 16.6. The van der Waals surface area contributed by atoms with Crippen molar-refractivity contribution in [3.8, 4) is 0 Å². The van der Waals surface area contributed by atoms with Crippen LogP contribution in [0.5, 0.6) is 0 Å². The molecule has 0 bridgehead atoms. The van der Waals surface area contributed by atoms with E-state index >= 15 is 0 Å². The van der Waals surface area contributed by atoms with Gasteiger partial charge in [-0.1, -0.05) is 39.2 Å². The minimum Gasteiger partial charge on any atom is -0.481 e. The van der Waals surface area contributed by atoms with E-state index in [1.54, 1.807) is 6.92 Å². The maximum atomic E-state index is 12.7. The van der Waals surface area contributed by atoms with Crippen molar-refractivity contribution in [1.82, 2.24) is 0 Å². The molecule has 7 heteroatoms. The normalized spacial score (nSPS) is 17.6. The minimum absolute atomic E-state index is 0.0562. The lowest BCUT2D eigenvalue weighted by Crippen LogP contribution is -2.45. The molecule has 1 aliphatic heterocycles. The number of aliphatic carboxylic acids is 1. The first-order valence-electron chi connectivity index (χ1n) is 9.70. The predicted molar refractivity (Wildman–Crippen MR) is 99.2 cm³/mol. The Balaban J connectivity index is 2.62. The molecule has 0 spiro atoms. The number of carboxylic acids is 1. The molecular formula is C20H32O7. The lowest BCUT2D eigenvalue weighted by atomic mass is 9.90. The van der Waals surface area contributed by atoms with E-state index in [0.717, 1.165) is 19.3 Å². The van der Waals surface area contributed by atoms with Gasteiger partial charge in [-0.25, -0.2) is 9.59 Å². The van der Waals surface area contributed by atoms with E-state index in [0.29, 0.717) is 38.7 Å². The van der Waals surface area contributed by atoms with Crippen LogP contribution in [0.25, 0.3) is 0 Å². The Hall–Kier alpha value is -1.89. The molecule has 154 valence electrons. The Bertz CT molecular complexity index is 524. The van der Waals surface area contributed by atoms with Crippen molar-refractivity contribution in [1.29, 1.82) is 0 Å². The molecule has 1 N–H and O–H groups in total. The summed E-state index contributed by atoms with van der Waals surface area (Å²) in [6.07, 6.45) is 5.39. The second kappa shape index (κ2) is 11.7. The van der Waals surface area contributed by atoms with Gasteiger partial charge < -0.3 is 19.3 Å². The fourth-order valence-corrected chi connectivity index (χ4v) is 2.82. The summed E-state index contributed by atoms with van der Waals surface area (Å²) in [5.41, 5.74) is -1.07. The molecule has 0 aliphatic carbocycles. The molecule has 0 amide bonds. The average molecular weight is 384 g/mol. The molecule has 2 unspecified atom stereocenters. The zero-order chi connectivity index (χ0) is 20.3. The van der Waals surface area contributed by atoms with Crippen LogP contribution in [0.2, 0.25) is 0 Å². The summed E-state index contributed by atoms with van der Waals surface area (Å²) >= 11 is 0. The SMILES string of the molecule is C=C(C)C(=O)OC(CCC)(CCCCCCCC(=O)O)C(=O)OCC1CO1. The van der Waals surface area contributed by atoms with E-state index in [2.05, 4.69) is 6.58 Å². The number of carbonyl (C=O) groups is 3. The van der Waals surface area contributed by atoms with Crippen LogP contribution >= 0.6 is 0 Å². The van der Waals surface area contributed by atoms with Gasteiger partial charge >= 0.3 is 17.9 Å². The smallest absolute Gasteiger partial charge is 0.350 e. The number of carboxylic acid groups (broad SMARTS) is 1. The molecule has 0 aromatic rings. The van der Waals surface area contributed by atoms with Gasteiger partial charge in [0.15, 0.2) is 0 Å². The topological polar surface area (TPSA) is 102 Å². The maximum absolute atomic E-state index is 12.7. The number of hydrogen-bond acceptors (Lipinski definition) is 6. The van der Waals surface area contributed by atoms with E-state index in [4.69, 9.17) is 19.3 Å². The van der Waals surface area contributed by atoms with Crippen molar-refractivity contribution in [3.63, 3.8) is 0 Å². The Morgan fingerprint density at radius 3 is 2.33 bits per heavy atom. The lowest BCUT2D eigenvalue weighted by Gasteiger charge is -2.31. The molecule has 1 heterocycles. The van der Waals surface area contributed by atoms with E-state index in [9.17, 15) is 14.4 Å². The van der Waals surface area contributed by atoms with Crippen LogP contribution in [0.15, 0.2) is 12.2 Å². The number of ether oxygens (including phenoxy) is 3. The molecule has 0 saturated carbocycles. The van der Waals surface area contributed by atoms with Gasteiger partial charge in [-0.15, -0.1) is 0 Å². The van der Waals surface area contributed by atoms with Crippen LogP contribution in [0.1, 0.15) is 71.6 Å². The molecule has 1 aliphatic rings. The average Bonchev–Trinajstić information content (AvgIpc) is 3.42. The van der Waals surface area contributed by atoms with Crippen LogP contribution < -0.4 is 0 Å². The van der Waals surface area contributed by atoms with Gasteiger partial charge in [-0.2, -0.15) is 0 Å². The van der Waals surface area contributed by atoms with Crippen molar-refractivity contribution in [2.75, 3.05) is 13.2 Å². The summed E-state index contributed by atoms with van der Waals surface area (Å²) in [6, 6.07) is 0. The Labute approximate surface area is 161 Å². The lowest BCUT2D eigenvalue weighted by molar-refractivity contribution is -0.183. The van der Waals surface area contributed by atoms with Gasteiger partial charge in [0.05, 0.1) is 6.61 Å². The van der Waals surface area contributed by atoms with Gasteiger partial charge in [0.1, 0.15) is 12.7 Å². The maximum Gasteiger partial charge on any atom is 0.350 e. The van der Waals surface area contributed by atoms with E-state index in [-0.39, 0.29) is 24.7 Å². The van der Waals surface area contributed by atoms with Crippen LogP contribution in [0.4, 0.5) is 0 Å². The second-order valence-electron chi connectivity index (χ2n) is 7.13. The second-order valence-corrected chi connectivity index (χ2v) is 7.13. The zero-order valence-electron chi connectivity index (χ0n) is 16.5. The Morgan fingerprint density at radius 1 is 1.15 bits per heavy atom. The highest BCUT2D eigenvalue weighted by molar-refractivity contribution is 5.91. The molecule has 0 aromatic carbocycles. The monoisotopic (exact) mass is 384 g/mol. The first kappa shape index (κ1) is 23.1. The van der Waals surface area contributed by atoms with Crippen LogP contribution in [0, 0.1) is 0 Å². The fraction of sp³-hybridized carbons (Fsp3) is 0.750. The van der Waals surface area contributed by atoms with Crippen molar-refractivity contribution >= 4 is 17.9 Å². The molecule has 1 saturated heterocycles.